The second kappa shape index (κ2) is 5.30. The van der Waals surface area contributed by atoms with E-state index in [0.29, 0.717) is 18.7 Å². The van der Waals surface area contributed by atoms with E-state index in [4.69, 9.17) is 5.26 Å². The normalized spacial score (nSPS) is 16.1. The van der Waals surface area contributed by atoms with E-state index in [1.165, 1.54) is 0 Å². The first-order valence-electron chi connectivity index (χ1n) is 6.82. The average Bonchev–Trinajstić information content (AvgIpc) is 2.54. The summed E-state index contributed by atoms with van der Waals surface area (Å²) < 4.78 is 0. The van der Waals surface area contributed by atoms with Gasteiger partial charge in [0.25, 0.3) is 5.91 Å². The summed E-state index contributed by atoms with van der Waals surface area (Å²) in [4.78, 5) is 18.8. The minimum atomic E-state index is 0.0192. The lowest BCUT2D eigenvalue weighted by atomic mass is 9.97. The van der Waals surface area contributed by atoms with Crippen LogP contribution in [0.1, 0.15) is 23.2 Å². The maximum absolute atomic E-state index is 12.6. The summed E-state index contributed by atoms with van der Waals surface area (Å²) in [5.74, 6) is 0.107. The first-order chi connectivity index (χ1) is 9.79. The molecule has 4 heteroatoms. The molecule has 20 heavy (non-hydrogen) atoms. The predicted octanol–water partition coefficient (Wildman–Crippen LogP) is 2.61. The fourth-order valence-corrected chi connectivity index (χ4v) is 2.66. The minimum absolute atomic E-state index is 0.0192. The van der Waals surface area contributed by atoms with Crippen LogP contribution in [0, 0.1) is 17.2 Å². The van der Waals surface area contributed by atoms with Gasteiger partial charge >= 0.3 is 0 Å². The van der Waals surface area contributed by atoms with Gasteiger partial charge in [0.05, 0.1) is 17.1 Å². The van der Waals surface area contributed by atoms with Crippen molar-refractivity contribution in [2.24, 2.45) is 5.92 Å². The van der Waals surface area contributed by atoms with Gasteiger partial charge in [-0.3, -0.25) is 9.78 Å². The molecule has 2 aromatic rings. The third-order valence-corrected chi connectivity index (χ3v) is 3.83. The van der Waals surface area contributed by atoms with E-state index in [0.717, 1.165) is 23.7 Å². The number of benzene rings is 1. The molecule has 0 saturated carbocycles. The van der Waals surface area contributed by atoms with Gasteiger partial charge in [0.15, 0.2) is 0 Å². The van der Waals surface area contributed by atoms with E-state index in [1.54, 1.807) is 6.20 Å². The Morgan fingerprint density at radius 3 is 2.75 bits per heavy atom. The number of carbonyl (C=O) groups excluding carboxylic acids is 1. The third kappa shape index (κ3) is 2.23. The van der Waals surface area contributed by atoms with Crippen LogP contribution in [0.5, 0.6) is 0 Å². The number of nitriles is 1. The second-order valence-electron chi connectivity index (χ2n) is 5.08. The van der Waals surface area contributed by atoms with Gasteiger partial charge in [0.1, 0.15) is 0 Å². The maximum atomic E-state index is 12.6. The lowest BCUT2D eigenvalue weighted by Crippen LogP contribution is -2.38. The van der Waals surface area contributed by atoms with E-state index in [2.05, 4.69) is 11.1 Å². The molecular weight excluding hydrogens is 250 g/mol. The lowest BCUT2D eigenvalue weighted by Gasteiger charge is -2.29. The van der Waals surface area contributed by atoms with Crippen molar-refractivity contribution >= 4 is 16.8 Å². The Kier molecular flexibility index (Phi) is 3.34. The summed E-state index contributed by atoms with van der Waals surface area (Å²) in [5, 5.41) is 9.89. The molecule has 1 aromatic carbocycles. The van der Waals surface area contributed by atoms with Gasteiger partial charge in [-0.1, -0.05) is 18.2 Å². The van der Waals surface area contributed by atoms with E-state index in [1.807, 2.05) is 35.2 Å². The Labute approximate surface area is 117 Å². The summed E-state index contributed by atoms with van der Waals surface area (Å²) >= 11 is 0. The minimum Gasteiger partial charge on any atom is -0.338 e. The van der Waals surface area contributed by atoms with Crippen LogP contribution in [-0.4, -0.2) is 28.9 Å². The Morgan fingerprint density at radius 2 is 2.00 bits per heavy atom. The molecule has 0 aliphatic carbocycles. The number of carbonyl (C=O) groups is 1. The zero-order valence-electron chi connectivity index (χ0n) is 11.1. The molecule has 0 bridgehead atoms. The highest BCUT2D eigenvalue weighted by atomic mass is 16.2. The van der Waals surface area contributed by atoms with Crippen molar-refractivity contribution in [2.45, 2.75) is 12.8 Å². The Balaban J connectivity index is 1.88. The molecule has 0 spiro atoms. The number of likely N-dealkylation sites (tertiary alicyclic amines) is 1. The van der Waals surface area contributed by atoms with Gasteiger partial charge in [-0.05, 0) is 25.0 Å². The molecule has 1 aromatic heterocycles. The van der Waals surface area contributed by atoms with Crippen molar-refractivity contribution in [1.29, 1.82) is 5.26 Å². The number of hydrogen-bond donors (Lipinski definition) is 0. The number of nitrogens with zero attached hydrogens (tertiary/aromatic N) is 3. The van der Waals surface area contributed by atoms with Crippen molar-refractivity contribution in [3.63, 3.8) is 0 Å². The smallest absolute Gasteiger partial charge is 0.256 e. The highest BCUT2D eigenvalue weighted by Gasteiger charge is 2.24. The molecule has 1 amide bonds. The number of piperidine rings is 1. The third-order valence-electron chi connectivity index (χ3n) is 3.83. The molecule has 100 valence electrons. The van der Waals surface area contributed by atoms with E-state index in [9.17, 15) is 4.79 Å². The molecule has 0 unspecified atom stereocenters. The fraction of sp³-hybridized carbons (Fsp3) is 0.312. The van der Waals surface area contributed by atoms with Gasteiger partial charge in [-0.2, -0.15) is 5.26 Å². The summed E-state index contributed by atoms with van der Waals surface area (Å²) in [6, 6.07) is 11.8. The van der Waals surface area contributed by atoms with Crippen LogP contribution in [-0.2, 0) is 0 Å². The molecule has 3 rings (SSSR count). The number of hydrogen-bond acceptors (Lipinski definition) is 3. The van der Waals surface area contributed by atoms with Crippen molar-refractivity contribution in [3.05, 3.63) is 42.1 Å². The van der Waals surface area contributed by atoms with Gasteiger partial charge in [-0.25, -0.2) is 0 Å². The van der Waals surface area contributed by atoms with Gasteiger partial charge in [0, 0.05) is 30.6 Å². The number of amides is 1. The van der Waals surface area contributed by atoms with Crippen molar-refractivity contribution in [1.82, 2.24) is 9.88 Å². The van der Waals surface area contributed by atoms with Gasteiger partial charge in [-0.15, -0.1) is 0 Å². The Morgan fingerprint density at radius 1 is 1.25 bits per heavy atom. The van der Waals surface area contributed by atoms with Crippen LogP contribution < -0.4 is 0 Å². The summed E-state index contributed by atoms with van der Waals surface area (Å²) in [5.41, 5.74) is 1.40. The standard InChI is InChI=1S/C16H15N3O/c17-11-12-6-9-19(10-7-12)16(20)14-5-1-3-13-4-2-8-18-15(13)14/h1-5,8,12H,6-7,9-10H2. The monoisotopic (exact) mass is 265 g/mol. The molecule has 1 aliphatic rings. The number of aromatic nitrogens is 1. The Hall–Kier alpha value is -2.41. The first-order valence-corrected chi connectivity index (χ1v) is 6.82. The van der Waals surface area contributed by atoms with E-state index >= 15 is 0 Å². The highest BCUT2D eigenvalue weighted by molar-refractivity contribution is 6.05. The zero-order valence-corrected chi connectivity index (χ0v) is 11.1. The molecule has 1 aliphatic heterocycles. The average molecular weight is 265 g/mol. The molecule has 1 saturated heterocycles. The number of pyridine rings is 1. The van der Waals surface area contributed by atoms with Crippen LogP contribution >= 0.6 is 0 Å². The molecule has 2 heterocycles. The number of rotatable bonds is 1. The van der Waals surface area contributed by atoms with Crippen LogP contribution in [0.3, 0.4) is 0 Å². The molecule has 1 fully saturated rings. The number of para-hydroxylation sites is 1. The van der Waals surface area contributed by atoms with Gasteiger partial charge in [0.2, 0.25) is 0 Å². The maximum Gasteiger partial charge on any atom is 0.256 e. The fourth-order valence-electron chi connectivity index (χ4n) is 2.66. The second-order valence-corrected chi connectivity index (χ2v) is 5.08. The van der Waals surface area contributed by atoms with Crippen LogP contribution in [0.15, 0.2) is 36.5 Å². The molecule has 4 nitrogen and oxygen atoms in total. The number of fused-ring (bicyclic) bond motifs is 1. The predicted molar refractivity (Wildman–Crippen MR) is 76.0 cm³/mol. The SMILES string of the molecule is N#CC1CCN(C(=O)c2cccc3cccnc23)CC1. The topological polar surface area (TPSA) is 57.0 Å². The van der Waals surface area contributed by atoms with Crippen molar-refractivity contribution in [3.8, 4) is 6.07 Å². The molecule has 0 N–H and O–H groups in total. The lowest BCUT2D eigenvalue weighted by molar-refractivity contribution is 0.0709. The largest absolute Gasteiger partial charge is 0.338 e. The van der Waals surface area contributed by atoms with Crippen molar-refractivity contribution in [2.75, 3.05) is 13.1 Å². The van der Waals surface area contributed by atoms with Gasteiger partial charge < -0.3 is 4.90 Å². The Bertz CT molecular complexity index is 676. The summed E-state index contributed by atoms with van der Waals surface area (Å²) in [6.07, 6.45) is 3.24. The van der Waals surface area contributed by atoms with Crippen molar-refractivity contribution < 1.29 is 4.79 Å². The van der Waals surface area contributed by atoms with E-state index < -0.39 is 0 Å². The quantitative estimate of drug-likeness (QED) is 0.796. The van der Waals surface area contributed by atoms with Crippen LogP contribution in [0.4, 0.5) is 0 Å². The molecule has 0 radical (unpaired) electrons. The summed E-state index contributed by atoms with van der Waals surface area (Å²) in [6.45, 7) is 1.31. The van der Waals surface area contributed by atoms with E-state index in [-0.39, 0.29) is 11.8 Å². The van der Waals surface area contributed by atoms with Crippen LogP contribution in [0.25, 0.3) is 10.9 Å². The molecular formula is C16H15N3O. The summed E-state index contributed by atoms with van der Waals surface area (Å²) in [7, 11) is 0. The molecule has 0 atom stereocenters. The zero-order chi connectivity index (χ0) is 13.9. The highest BCUT2D eigenvalue weighted by Crippen LogP contribution is 2.21. The first kappa shape index (κ1) is 12.6. The van der Waals surface area contributed by atoms with Crippen LogP contribution in [0.2, 0.25) is 0 Å².